The van der Waals surface area contributed by atoms with Gasteiger partial charge in [0.15, 0.2) is 0 Å². The molecule has 3 N–H and O–H groups in total. The number of hydrogen-bond acceptors (Lipinski definition) is 2. The number of benzene rings is 3. The van der Waals surface area contributed by atoms with E-state index in [0.717, 1.165) is 5.82 Å². The third-order valence-corrected chi connectivity index (χ3v) is 7.48. The van der Waals surface area contributed by atoms with Gasteiger partial charge in [-0.1, -0.05) is 97.9 Å². The van der Waals surface area contributed by atoms with Crippen molar-refractivity contribution in [1.29, 1.82) is 0 Å². The standard InChI is InChI=1S/C28H26BN3/c1-18(2)29-25-15-9-8-14-23(25)28(24-16-17-26(31-3)32(30)27(24)29)21-12-6-4-10-19(21)20-11-5-7-13-22(20)28/h4-18H,30H2,1-3H3/p+1. The lowest BCUT2D eigenvalue weighted by molar-refractivity contribution is -0.606. The number of anilines is 1. The SMILES string of the molecule is CNc1ccc2c([n+]1N)B(C(C)C)c1ccccc1C21c2ccccc2-c2ccccc21. The molecule has 1 aliphatic carbocycles. The molecule has 0 atom stereocenters. The minimum absolute atomic E-state index is 0.213. The second-order valence-corrected chi connectivity index (χ2v) is 9.29. The van der Waals surface area contributed by atoms with Gasteiger partial charge in [-0.05, 0) is 33.9 Å². The number of nitrogen functional groups attached to an aromatic ring is 1. The number of fused-ring (bicyclic) bond motifs is 9. The molecule has 1 spiro atoms. The molecule has 0 bridgehead atoms. The van der Waals surface area contributed by atoms with Gasteiger partial charge in [0, 0.05) is 11.6 Å². The molecular formula is C28H27BN3+. The van der Waals surface area contributed by atoms with Crippen molar-refractivity contribution in [3.05, 3.63) is 107 Å². The zero-order chi connectivity index (χ0) is 22.0. The van der Waals surface area contributed by atoms with Gasteiger partial charge in [0.05, 0.1) is 18.1 Å². The van der Waals surface area contributed by atoms with Gasteiger partial charge < -0.3 is 0 Å². The highest BCUT2D eigenvalue weighted by Crippen LogP contribution is 2.56. The van der Waals surface area contributed by atoms with Crippen molar-refractivity contribution in [3.63, 3.8) is 0 Å². The highest BCUT2D eigenvalue weighted by Gasteiger charge is 2.54. The van der Waals surface area contributed by atoms with E-state index >= 15 is 0 Å². The summed E-state index contributed by atoms with van der Waals surface area (Å²) < 4.78 is 1.89. The van der Waals surface area contributed by atoms with Gasteiger partial charge in [0.1, 0.15) is 0 Å². The first-order valence-electron chi connectivity index (χ1n) is 11.4. The first-order chi connectivity index (χ1) is 15.6. The highest BCUT2D eigenvalue weighted by atomic mass is 15.3. The van der Waals surface area contributed by atoms with E-state index in [1.54, 1.807) is 0 Å². The maximum atomic E-state index is 6.85. The van der Waals surface area contributed by atoms with Gasteiger partial charge in [-0.3, -0.25) is 11.2 Å². The molecule has 3 aromatic carbocycles. The highest BCUT2D eigenvalue weighted by molar-refractivity contribution is 6.86. The van der Waals surface area contributed by atoms with Gasteiger partial charge in [-0.15, -0.1) is 4.68 Å². The summed E-state index contributed by atoms with van der Waals surface area (Å²) >= 11 is 0. The van der Waals surface area contributed by atoms with Gasteiger partial charge in [0.2, 0.25) is 0 Å². The third kappa shape index (κ3) is 2.19. The summed E-state index contributed by atoms with van der Waals surface area (Å²) in [5.74, 6) is 8.17. The maximum Gasteiger partial charge on any atom is 0.296 e. The molecule has 1 aliphatic heterocycles. The number of nitrogens with two attached hydrogens (primary N) is 1. The van der Waals surface area contributed by atoms with E-state index in [1.807, 2.05) is 11.7 Å². The molecule has 1 aromatic heterocycles. The number of pyridine rings is 1. The van der Waals surface area contributed by atoms with Crippen LogP contribution in [0.15, 0.2) is 84.9 Å². The van der Waals surface area contributed by atoms with E-state index in [0.29, 0.717) is 5.82 Å². The van der Waals surface area contributed by atoms with Crippen molar-refractivity contribution in [3.8, 4) is 11.1 Å². The summed E-state index contributed by atoms with van der Waals surface area (Å²) in [6.45, 7) is 4.81. The summed E-state index contributed by atoms with van der Waals surface area (Å²) in [6, 6.07) is 31.2. The fourth-order valence-electron chi connectivity index (χ4n) is 6.32. The molecule has 0 unspecified atom stereocenters. The predicted octanol–water partition coefficient (Wildman–Crippen LogP) is 3.43. The molecule has 0 saturated heterocycles. The van der Waals surface area contributed by atoms with Crippen molar-refractivity contribution in [2.75, 3.05) is 18.2 Å². The Kier molecular flexibility index (Phi) is 4.04. The first kappa shape index (κ1) is 19.2. The number of aromatic nitrogens is 1. The summed E-state index contributed by atoms with van der Waals surface area (Å²) in [7, 11) is 1.93. The van der Waals surface area contributed by atoms with E-state index in [1.165, 1.54) is 44.4 Å². The molecule has 2 aliphatic rings. The number of nitrogens with one attached hydrogen (secondary N) is 1. The van der Waals surface area contributed by atoms with E-state index in [9.17, 15) is 0 Å². The molecule has 3 nitrogen and oxygen atoms in total. The molecule has 0 saturated carbocycles. The average molecular weight is 416 g/mol. The Balaban J connectivity index is 1.85. The smallest absolute Gasteiger partial charge is 0.275 e. The van der Waals surface area contributed by atoms with Crippen LogP contribution >= 0.6 is 0 Å². The second-order valence-electron chi connectivity index (χ2n) is 9.29. The lowest BCUT2D eigenvalue weighted by atomic mass is 9.30. The molecule has 156 valence electrons. The number of rotatable bonds is 2. The first-order valence-corrected chi connectivity index (χ1v) is 11.4. The Hall–Kier alpha value is -3.53. The van der Waals surface area contributed by atoms with E-state index < -0.39 is 0 Å². The van der Waals surface area contributed by atoms with Gasteiger partial charge in [-0.2, -0.15) is 0 Å². The fourth-order valence-corrected chi connectivity index (χ4v) is 6.32. The molecule has 0 amide bonds. The Bertz CT molecular complexity index is 1330. The van der Waals surface area contributed by atoms with Crippen LogP contribution in [0.4, 0.5) is 5.82 Å². The average Bonchev–Trinajstić information content (AvgIpc) is 3.11. The van der Waals surface area contributed by atoms with Crippen molar-refractivity contribution in [2.45, 2.75) is 25.1 Å². The molecular weight excluding hydrogens is 389 g/mol. The van der Waals surface area contributed by atoms with Crippen LogP contribution in [-0.4, -0.2) is 13.8 Å². The van der Waals surface area contributed by atoms with Crippen LogP contribution < -0.4 is 26.9 Å². The summed E-state index contributed by atoms with van der Waals surface area (Å²) in [5, 5.41) is 3.28. The van der Waals surface area contributed by atoms with Crippen molar-refractivity contribution >= 4 is 23.6 Å². The number of hydrogen-bond donors (Lipinski definition) is 2. The molecule has 4 aromatic rings. The van der Waals surface area contributed by atoms with Crippen molar-refractivity contribution < 1.29 is 4.68 Å². The quantitative estimate of drug-likeness (QED) is 0.263. The monoisotopic (exact) mass is 416 g/mol. The summed E-state index contributed by atoms with van der Waals surface area (Å²) in [4.78, 5) is 0. The predicted molar refractivity (Wildman–Crippen MR) is 134 cm³/mol. The van der Waals surface area contributed by atoms with Crippen molar-refractivity contribution in [2.24, 2.45) is 0 Å². The van der Waals surface area contributed by atoms with E-state index in [-0.39, 0.29) is 12.1 Å². The van der Waals surface area contributed by atoms with Gasteiger partial charge >= 0.3 is 0 Å². The van der Waals surface area contributed by atoms with Gasteiger partial charge in [0.25, 0.3) is 12.5 Å². The molecule has 0 radical (unpaired) electrons. The van der Waals surface area contributed by atoms with Crippen molar-refractivity contribution in [1.82, 2.24) is 0 Å². The second kappa shape index (κ2) is 6.73. The van der Waals surface area contributed by atoms with Crippen LogP contribution in [0.3, 0.4) is 0 Å². The maximum absolute atomic E-state index is 6.85. The fraction of sp³-hybridized carbons (Fsp3) is 0.179. The molecule has 32 heavy (non-hydrogen) atoms. The minimum atomic E-state index is -0.377. The van der Waals surface area contributed by atoms with Crippen LogP contribution in [0.5, 0.6) is 0 Å². The Labute approximate surface area is 190 Å². The third-order valence-electron chi connectivity index (χ3n) is 7.48. The van der Waals surface area contributed by atoms with E-state index in [2.05, 4.69) is 104 Å². The Morgan fingerprint density at radius 2 is 1.31 bits per heavy atom. The van der Waals surface area contributed by atoms with Gasteiger partial charge in [-0.25, -0.2) is 0 Å². The Morgan fingerprint density at radius 1 is 0.750 bits per heavy atom. The van der Waals surface area contributed by atoms with E-state index in [4.69, 9.17) is 5.84 Å². The summed E-state index contributed by atoms with van der Waals surface area (Å²) in [5.41, 5.74) is 10.2. The number of nitrogens with zero attached hydrogens (tertiary/aromatic N) is 1. The molecule has 6 rings (SSSR count). The normalized spacial score (nSPS) is 14.7. The topological polar surface area (TPSA) is 41.9 Å². The van der Waals surface area contributed by atoms with Crippen LogP contribution in [0.1, 0.15) is 36.1 Å². The lowest BCUT2D eigenvalue weighted by Gasteiger charge is -2.42. The molecule has 0 fully saturated rings. The molecule has 2 heterocycles. The zero-order valence-corrected chi connectivity index (χ0v) is 18.8. The summed E-state index contributed by atoms with van der Waals surface area (Å²) in [6.07, 6.45) is 0. The lowest BCUT2D eigenvalue weighted by Crippen LogP contribution is -2.72. The van der Waals surface area contributed by atoms with Crippen LogP contribution in [0, 0.1) is 0 Å². The van der Waals surface area contributed by atoms with Crippen LogP contribution in [0.25, 0.3) is 11.1 Å². The zero-order valence-electron chi connectivity index (χ0n) is 18.8. The molecule has 4 heteroatoms. The van der Waals surface area contributed by atoms with Crippen LogP contribution in [0.2, 0.25) is 5.82 Å². The van der Waals surface area contributed by atoms with Crippen LogP contribution in [-0.2, 0) is 5.41 Å². The Morgan fingerprint density at radius 3 is 1.91 bits per heavy atom. The minimum Gasteiger partial charge on any atom is -0.275 e. The largest absolute Gasteiger partial charge is 0.296 e.